The molecule has 1 atom stereocenters. The molecule has 1 aromatic carbocycles. The predicted molar refractivity (Wildman–Crippen MR) is 83.9 cm³/mol. The van der Waals surface area contributed by atoms with Crippen LogP contribution in [0.4, 0.5) is 0 Å². The molecule has 0 saturated heterocycles. The summed E-state index contributed by atoms with van der Waals surface area (Å²) in [5.41, 5.74) is 6.78. The summed E-state index contributed by atoms with van der Waals surface area (Å²) in [6.07, 6.45) is 0.895. The van der Waals surface area contributed by atoms with Gasteiger partial charge in [0, 0.05) is 25.0 Å². The van der Waals surface area contributed by atoms with E-state index in [4.69, 9.17) is 5.73 Å². The molecular formula is C16H20N2OS. The lowest BCUT2D eigenvalue weighted by molar-refractivity contribution is -0.131. The minimum Gasteiger partial charge on any atom is -0.345 e. The fourth-order valence-electron chi connectivity index (χ4n) is 2.17. The maximum atomic E-state index is 12.5. The molecule has 1 aromatic heterocycles. The quantitative estimate of drug-likeness (QED) is 0.887. The number of likely N-dealkylation sites (N-methyl/N-ethyl adjacent to an activating group) is 1. The van der Waals surface area contributed by atoms with Crippen LogP contribution >= 0.6 is 11.3 Å². The molecule has 4 heteroatoms. The summed E-state index contributed by atoms with van der Waals surface area (Å²) in [5, 5.41) is 2.06. The zero-order valence-corrected chi connectivity index (χ0v) is 12.5. The molecule has 0 bridgehead atoms. The maximum Gasteiger partial charge on any atom is 0.231 e. The summed E-state index contributed by atoms with van der Waals surface area (Å²) in [7, 11) is 1.85. The van der Waals surface area contributed by atoms with Crippen LogP contribution in [0.25, 0.3) is 0 Å². The molecule has 0 fully saturated rings. The molecule has 1 unspecified atom stereocenters. The summed E-state index contributed by atoms with van der Waals surface area (Å²) in [6, 6.07) is 13.9. The lowest BCUT2D eigenvalue weighted by atomic mass is 9.98. The van der Waals surface area contributed by atoms with Crippen molar-refractivity contribution in [2.75, 3.05) is 20.1 Å². The van der Waals surface area contributed by atoms with E-state index in [9.17, 15) is 4.79 Å². The van der Waals surface area contributed by atoms with E-state index in [1.54, 1.807) is 16.2 Å². The first-order valence-electron chi connectivity index (χ1n) is 6.74. The number of rotatable bonds is 6. The Hall–Kier alpha value is -1.65. The monoisotopic (exact) mass is 288 g/mol. The summed E-state index contributed by atoms with van der Waals surface area (Å²) in [4.78, 5) is 15.6. The van der Waals surface area contributed by atoms with Crippen molar-refractivity contribution in [3.63, 3.8) is 0 Å². The Labute approximate surface area is 124 Å². The third-order valence-electron chi connectivity index (χ3n) is 3.39. The van der Waals surface area contributed by atoms with E-state index in [-0.39, 0.29) is 11.8 Å². The zero-order chi connectivity index (χ0) is 14.4. The minimum atomic E-state index is -0.246. The number of benzene rings is 1. The topological polar surface area (TPSA) is 46.3 Å². The Kier molecular flexibility index (Phi) is 5.32. The van der Waals surface area contributed by atoms with E-state index in [2.05, 4.69) is 11.4 Å². The third kappa shape index (κ3) is 3.68. The van der Waals surface area contributed by atoms with Gasteiger partial charge in [-0.05, 0) is 23.4 Å². The number of hydrogen-bond acceptors (Lipinski definition) is 3. The highest BCUT2D eigenvalue weighted by atomic mass is 32.1. The van der Waals surface area contributed by atoms with E-state index >= 15 is 0 Å². The number of thiophene rings is 1. The van der Waals surface area contributed by atoms with Crippen LogP contribution in [0.1, 0.15) is 16.4 Å². The summed E-state index contributed by atoms with van der Waals surface area (Å²) in [6.45, 7) is 1.06. The van der Waals surface area contributed by atoms with Gasteiger partial charge in [-0.25, -0.2) is 0 Å². The van der Waals surface area contributed by atoms with Gasteiger partial charge in [0.2, 0.25) is 5.91 Å². The number of carbonyl (C=O) groups excluding carboxylic acids is 1. The Bertz CT molecular complexity index is 525. The van der Waals surface area contributed by atoms with Gasteiger partial charge >= 0.3 is 0 Å². The molecule has 0 aliphatic rings. The molecule has 2 aromatic rings. The molecule has 0 aliphatic heterocycles. The highest BCUT2D eigenvalue weighted by molar-refractivity contribution is 7.09. The fraction of sp³-hybridized carbons (Fsp3) is 0.312. The highest BCUT2D eigenvalue weighted by Crippen LogP contribution is 2.17. The minimum absolute atomic E-state index is 0.0928. The van der Waals surface area contributed by atoms with Crippen molar-refractivity contribution >= 4 is 17.2 Å². The average Bonchev–Trinajstić information content (AvgIpc) is 3.00. The molecule has 1 heterocycles. The largest absolute Gasteiger partial charge is 0.345 e. The molecule has 0 spiro atoms. The van der Waals surface area contributed by atoms with Crippen LogP contribution in [0.5, 0.6) is 0 Å². The van der Waals surface area contributed by atoms with Gasteiger partial charge in [-0.1, -0.05) is 36.4 Å². The van der Waals surface area contributed by atoms with Crippen LogP contribution in [-0.4, -0.2) is 30.9 Å². The van der Waals surface area contributed by atoms with Gasteiger partial charge in [-0.2, -0.15) is 0 Å². The lowest BCUT2D eigenvalue weighted by Gasteiger charge is -2.23. The van der Waals surface area contributed by atoms with E-state index < -0.39 is 0 Å². The number of amides is 1. The average molecular weight is 288 g/mol. The first-order chi connectivity index (χ1) is 9.72. The number of nitrogens with zero attached hydrogens (tertiary/aromatic N) is 1. The highest BCUT2D eigenvalue weighted by Gasteiger charge is 2.22. The summed E-state index contributed by atoms with van der Waals surface area (Å²) in [5.74, 6) is -0.153. The number of hydrogen-bond donors (Lipinski definition) is 1. The van der Waals surface area contributed by atoms with Gasteiger partial charge in [-0.15, -0.1) is 11.3 Å². The first-order valence-corrected chi connectivity index (χ1v) is 7.62. The molecule has 2 rings (SSSR count). The Morgan fingerprint density at radius 3 is 2.60 bits per heavy atom. The van der Waals surface area contributed by atoms with Gasteiger partial charge in [0.25, 0.3) is 0 Å². The third-order valence-corrected chi connectivity index (χ3v) is 4.32. The Morgan fingerprint density at radius 1 is 1.25 bits per heavy atom. The van der Waals surface area contributed by atoms with Gasteiger partial charge in [0.1, 0.15) is 0 Å². The normalized spacial score (nSPS) is 12.1. The molecule has 0 saturated carbocycles. The van der Waals surface area contributed by atoms with Crippen LogP contribution in [0.2, 0.25) is 0 Å². The van der Waals surface area contributed by atoms with Gasteiger partial charge < -0.3 is 10.6 Å². The molecule has 1 amide bonds. The van der Waals surface area contributed by atoms with Crippen molar-refractivity contribution in [3.8, 4) is 0 Å². The smallest absolute Gasteiger partial charge is 0.231 e. The zero-order valence-electron chi connectivity index (χ0n) is 11.7. The van der Waals surface area contributed by atoms with Crippen molar-refractivity contribution in [2.24, 2.45) is 5.73 Å². The van der Waals surface area contributed by atoms with E-state index in [0.717, 1.165) is 18.5 Å². The van der Waals surface area contributed by atoms with Gasteiger partial charge in [0.05, 0.1) is 5.92 Å². The molecule has 0 aliphatic carbocycles. The van der Waals surface area contributed by atoms with Crippen LogP contribution in [0.3, 0.4) is 0 Å². The van der Waals surface area contributed by atoms with Crippen LogP contribution < -0.4 is 5.73 Å². The second-order valence-electron chi connectivity index (χ2n) is 4.79. The Balaban J connectivity index is 1.97. The van der Waals surface area contributed by atoms with Crippen molar-refractivity contribution < 1.29 is 4.79 Å². The van der Waals surface area contributed by atoms with Crippen molar-refractivity contribution in [1.82, 2.24) is 4.90 Å². The van der Waals surface area contributed by atoms with Crippen LogP contribution in [-0.2, 0) is 11.2 Å². The molecule has 2 N–H and O–H groups in total. The van der Waals surface area contributed by atoms with E-state index in [1.807, 2.05) is 43.4 Å². The Morgan fingerprint density at radius 2 is 2.00 bits per heavy atom. The standard InChI is InChI=1S/C16H20N2OS/c1-18(10-9-14-8-5-11-20-14)16(19)15(12-17)13-6-3-2-4-7-13/h2-8,11,15H,9-10,12,17H2,1H3. The van der Waals surface area contributed by atoms with Gasteiger partial charge in [0.15, 0.2) is 0 Å². The molecule has 20 heavy (non-hydrogen) atoms. The second-order valence-corrected chi connectivity index (χ2v) is 5.82. The molecule has 3 nitrogen and oxygen atoms in total. The lowest BCUT2D eigenvalue weighted by Crippen LogP contribution is -2.36. The van der Waals surface area contributed by atoms with Crippen LogP contribution in [0, 0.1) is 0 Å². The van der Waals surface area contributed by atoms with Crippen LogP contribution in [0.15, 0.2) is 47.8 Å². The van der Waals surface area contributed by atoms with Gasteiger partial charge in [-0.3, -0.25) is 4.79 Å². The number of carbonyl (C=O) groups is 1. The second kappa shape index (κ2) is 7.22. The fourth-order valence-corrected chi connectivity index (χ4v) is 2.87. The summed E-state index contributed by atoms with van der Waals surface area (Å²) < 4.78 is 0. The predicted octanol–water partition coefficient (Wildman–Crippen LogP) is 2.49. The van der Waals surface area contributed by atoms with E-state index in [1.165, 1.54) is 4.88 Å². The summed E-state index contributed by atoms with van der Waals surface area (Å²) >= 11 is 1.72. The van der Waals surface area contributed by atoms with E-state index in [0.29, 0.717) is 6.54 Å². The maximum absolute atomic E-state index is 12.5. The van der Waals surface area contributed by atoms with Crippen molar-refractivity contribution in [3.05, 3.63) is 58.3 Å². The number of nitrogens with two attached hydrogens (primary N) is 1. The molecular weight excluding hydrogens is 268 g/mol. The molecule has 0 radical (unpaired) electrons. The first kappa shape index (κ1) is 14.8. The van der Waals surface area contributed by atoms with Crippen molar-refractivity contribution in [2.45, 2.75) is 12.3 Å². The van der Waals surface area contributed by atoms with Crippen molar-refractivity contribution in [1.29, 1.82) is 0 Å². The SMILES string of the molecule is CN(CCc1cccs1)C(=O)C(CN)c1ccccc1. The molecule has 106 valence electrons.